The van der Waals surface area contributed by atoms with Gasteiger partial charge in [-0.15, -0.1) is 0 Å². The van der Waals surface area contributed by atoms with Gasteiger partial charge in [-0.1, -0.05) is 30.3 Å². The van der Waals surface area contributed by atoms with Gasteiger partial charge < -0.3 is 5.32 Å². The number of nitro groups is 1. The van der Waals surface area contributed by atoms with Crippen LogP contribution in [0.1, 0.15) is 37.8 Å². The lowest BCUT2D eigenvalue weighted by molar-refractivity contribution is -0.385. The first kappa shape index (κ1) is 16.7. The average Bonchev–Trinajstić information content (AvgIpc) is 3.01. The molecular weight excluding hydrogens is 296 g/mol. The van der Waals surface area contributed by atoms with Crippen LogP contribution in [0.3, 0.4) is 0 Å². The van der Waals surface area contributed by atoms with E-state index in [2.05, 4.69) is 10.4 Å². The lowest BCUT2D eigenvalue weighted by Gasteiger charge is -2.14. The number of rotatable bonds is 8. The highest BCUT2D eigenvalue weighted by molar-refractivity contribution is 5.76. The predicted molar refractivity (Wildman–Crippen MR) is 85.7 cm³/mol. The van der Waals surface area contributed by atoms with Gasteiger partial charge in [-0.2, -0.15) is 5.10 Å². The van der Waals surface area contributed by atoms with Crippen LogP contribution in [0.25, 0.3) is 0 Å². The van der Waals surface area contributed by atoms with Crippen molar-refractivity contribution < 1.29 is 9.72 Å². The fourth-order valence-electron chi connectivity index (χ4n) is 2.27. The van der Waals surface area contributed by atoms with E-state index in [1.807, 2.05) is 37.3 Å². The molecule has 0 aliphatic heterocycles. The topological polar surface area (TPSA) is 90.1 Å². The van der Waals surface area contributed by atoms with Crippen LogP contribution in [0.4, 0.5) is 5.69 Å². The molecule has 2 rings (SSSR count). The van der Waals surface area contributed by atoms with Crippen molar-refractivity contribution in [1.82, 2.24) is 15.1 Å². The van der Waals surface area contributed by atoms with Crippen molar-refractivity contribution >= 4 is 11.6 Å². The summed E-state index contributed by atoms with van der Waals surface area (Å²) < 4.78 is 1.53. The van der Waals surface area contributed by atoms with Crippen LogP contribution < -0.4 is 5.32 Å². The van der Waals surface area contributed by atoms with Crippen molar-refractivity contribution in [3.63, 3.8) is 0 Å². The third kappa shape index (κ3) is 5.21. The van der Waals surface area contributed by atoms with Crippen molar-refractivity contribution in [1.29, 1.82) is 0 Å². The second kappa shape index (κ2) is 8.07. The normalized spacial score (nSPS) is 11.9. The van der Waals surface area contributed by atoms with Crippen LogP contribution in [0.2, 0.25) is 0 Å². The minimum atomic E-state index is -0.470. The molecule has 1 N–H and O–H groups in total. The Morgan fingerprint density at radius 2 is 2.09 bits per heavy atom. The zero-order valence-electron chi connectivity index (χ0n) is 13.0. The lowest BCUT2D eigenvalue weighted by atomic mass is 10.1. The van der Waals surface area contributed by atoms with E-state index in [0.29, 0.717) is 19.4 Å². The number of unbranched alkanes of at least 4 members (excludes halogenated alkanes) is 1. The summed E-state index contributed by atoms with van der Waals surface area (Å²) in [6, 6.07) is 9.78. The molecule has 1 heterocycles. The summed E-state index contributed by atoms with van der Waals surface area (Å²) >= 11 is 0. The largest absolute Gasteiger partial charge is 0.350 e. The van der Waals surface area contributed by atoms with Crippen LogP contribution in [0.5, 0.6) is 0 Å². The number of aryl methyl sites for hydroxylation is 1. The minimum absolute atomic E-state index is 0.00722. The molecule has 0 radical (unpaired) electrons. The van der Waals surface area contributed by atoms with Crippen LogP contribution in [-0.4, -0.2) is 20.6 Å². The summed E-state index contributed by atoms with van der Waals surface area (Å²) in [4.78, 5) is 22.0. The SMILES string of the molecule is CC(NC(=O)CCCCn1cc([N+](=O)[O-])cn1)c1ccccc1. The number of carbonyl (C=O) groups is 1. The average molecular weight is 316 g/mol. The predicted octanol–water partition coefficient (Wildman–Crippen LogP) is 2.84. The molecule has 1 unspecified atom stereocenters. The smallest absolute Gasteiger partial charge is 0.306 e. The Bertz CT molecular complexity index is 654. The van der Waals surface area contributed by atoms with E-state index in [1.54, 1.807) is 0 Å². The van der Waals surface area contributed by atoms with Crippen molar-refractivity contribution in [2.75, 3.05) is 0 Å². The van der Waals surface area contributed by atoms with Gasteiger partial charge in [0.05, 0.1) is 11.0 Å². The lowest BCUT2D eigenvalue weighted by Crippen LogP contribution is -2.26. The van der Waals surface area contributed by atoms with Gasteiger partial charge in [0.25, 0.3) is 0 Å². The van der Waals surface area contributed by atoms with E-state index >= 15 is 0 Å². The number of benzene rings is 1. The van der Waals surface area contributed by atoms with Gasteiger partial charge in [0, 0.05) is 13.0 Å². The van der Waals surface area contributed by atoms with E-state index < -0.39 is 4.92 Å². The number of nitrogens with one attached hydrogen (secondary N) is 1. The second-order valence-corrected chi connectivity index (χ2v) is 5.38. The first-order valence-corrected chi connectivity index (χ1v) is 7.57. The molecule has 0 spiro atoms. The molecule has 1 amide bonds. The molecule has 0 bridgehead atoms. The molecule has 122 valence electrons. The maximum Gasteiger partial charge on any atom is 0.306 e. The van der Waals surface area contributed by atoms with Crippen LogP contribution in [-0.2, 0) is 11.3 Å². The molecule has 0 aliphatic carbocycles. The standard InChI is InChI=1S/C16H20N4O3/c1-13(14-7-3-2-4-8-14)18-16(21)9-5-6-10-19-12-15(11-17-19)20(22)23/h2-4,7-8,11-13H,5-6,9-10H2,1H3,(H,18,21). The molecule has 0 fully saturated rings. The van der Waals surface area contributed by atoms with Crippen molar-refractivity contribution in [3.05, 3.63) is 58.4 Å². The Balaban J connectivity index is 1.67. The number of hydrogen-bond acceptors (Lipinski definition) is 4. The van der Waals surface area contributed by atoms with E-state index in [1.165, 1.54) is 17.1 Å². The Hall–Kier alpha value is -2.70. The second-order valence-electron chi connectivity index (χ2n) is 5.38. The molecule has 0 aliphatic rings. The van der Waals surface area contributed by atoms with Gasteiger partial charge in [-0.25, -0.2) is 0 Å². The fraction of sp³-hybridized carbons (Fsp3) is 0.375. The van der Waals surface area contributed by atoms with Crippen molar-refractivity contribution in [2.24, 2.45) is 0 Å². The van der Waals surface area contributed by atoms with E-state index in [0.717, 1.165) is 12.0 Å². The molecule has 0 saturated heterocycles. The quantitative estimate of drug-likeness (QED) is 0.460. The number of amides is 1. The maximum absolute atomic E-state index is 11.9. The van der Waals surface area contributed by atoms with Gasteiger partial charge in [-0.3, -0.25) is 19.6 Å². The van der Waals surface area contributed by atoms with Crippen LogP contribution in [0.15, 0.2) is 42.7 Å². The van der Waals surface area contributed by atoms with E-state index in [-0.39, 0.29) is 17.6 Å². The summed E-state index contributed by atoms with van der Waals surface area (Å²) in [7, 11) is 0. The summed E-state index contributed by atoms with van der Waals surface area (Å²) in [6.45, 7) is 2.52. The number of carbonyl (C=O) groups excluding carboxylic acids is 1. The highest BCUT2D eigenvalue weighted by Gasteiger charge is 2.10. The molecule has 0 saturated carbocycles. The highest BCUT2D eigenvalue weighted by atomic mass is 16.6. The molecule has 23 heavy (non-hydrogen) atoms. The zero-order chi connectivity index (χ0) is 16.7. The van der Waals surface area contributed by atoms with E-state index in [4.69, 9.17) is 0 Å². The maximum atomic E-state index is 11.9. The number of nitrogens with zero attached hydrogens (tertiary/aromatic N) is 3. The van der Waals surface area contributed by atoms with Gasteiger partial charge in [0.15, 0.2) is 0 Å². The van der Waals surface area contributed by atoms with Gasteiger partial charge in [0.2, 0.25) is 5.91 Å². The number of aromatic nitrogens is 2. The zero-order valence-corrected chi connectivity index (χ0v) is 13.0. The molecule has 1 aromatic heterocycles. The van der Waals surface area contributed by atoms with E-state index in [9.17, 15) is 14.9 Å². The Labute approximate surface area is 134 Å². The molecular formula is C16H20N4O3. The molecule has 7 nitrogen and oxygen atoms in total. The molecule has 2 aromatic rings. The van der Waals surface area contributed by atoms with Crippen LogP contribution >= 0.6 is 0 Å². The van der Waals surface area contributed by atoms with Gasteiger partial charge >= 0.3 is 5.69 Å². The Kier molecular flexibility index (Phi) is 5.85. The molecule has 1 aromatic carbocycles. The summed E-state index contributed by atoms with van der Waals surface area (Å²) in [6.07, 6.45) is 4.51. The van der Waals surface area contributed by atoms with Gasteiger partial charge in [-0.05, 0) is 25.3 Å². The first-order chi connectivity index (χ1) is 11.1. The Morgan fingerprint density at radius 1 is 1.35 bits per heavy atom. The molecule has 1 atom stereocenters. The van der Waals surface area contributed by atoms with Crippen molar-refractivity contribution in [2.45, 2.75) is 38.8 Å². The fourth-order valence-corrected chi connectivity index (χ4v) is 2.27. The highest BCUT2D eigenvalue weighted by Crippen LogP contribution is 2.12. The molecule has 7 heteroatoms. The van der Waals surface area contributed by atoms with Gasteiger partial charge in [0.1, 0.15) is 12.4 Å². The minimum Gasteiger partial charge on any atom is -0.350 e. The number of hydrogen-bond donors (Lipinski definition) is 1. The Morgan fingerprint density at radius 3 is 2.74 bits per heavy atom. The third-order valence-electron chi connectivity index (χ3n) is 3.55. The third-order valence-corrected chi connectivity index (χ3v) is 3.55. The summed E-state index contributed by atoms with van der Waals surface area (Å²) in [5.41, 5.74) is 1.06. The summed E-state index contributed by atoms with van der Waals surface area (Å²) in [5.74, 6) is 0.00722. The van der Waals surface area contributed by atoms with Crippen molar-refractivity contribution in [3.8, 4) is 0 Å². The first-order valence-electron chi connectivity index (χ1n) is 7.57. The monoisotopic (exact) mass is 316 g/mol. The summed E-state index contributed by atoms with van der Waals surface area (Å²) in [5, 5.41) is 17.4. The van der Waals surface area contributed by atoms with Crippen LogP contribution in [0, 0.1) is 10.1 Å².